The Balaban J connectivity index is 3.36. The van der Waals surface area contributed by atoms with Crippen molar-refractivity contribution in [3.05, 3.63) is 58.6 Å². The van der Waals surface area contributed by atoms with Gasteiger partial charge in [-0.05, 0) is 68.2 Å². The maximum Gasteiger partial charge on any atom is 0.255 e. The number of allylic oxidation sites excluding steroid dienone is 2. The van der Waals surface area contributed by atoms with Gasteiger partial charge in [0, 0.05) is 25.0 Å². The van der Waals surface area contributed by atoms with Gasteiger partial charge in [0.25, 0.3) is 5.91 Å². The molecule has 0 aromatic heterocycles. The monoisotopic (exact) mass is 428 g/mol. The van der Waals surface area contributed by atoms with Gasteiger partial charge in [-0.15, -0.1) is 0 Å². The SMILES string of the molecule is C=C(CC)N=C/C(C(=O)N(CCC(C)CC)Cc1ccc(F)cc1C)=C(/C)C(C)CC. The molecule has 1 aromatic rings. The number of aryl methyl sites for hydroxylation is 1. The van der Waals surface area contributed by atoms with Crippen molar-refractivity contribution >= 4 is 12.1 Å². The number of amides is 1. The maximum atomic E-state index is 13.8. The van der Waals surface area contributed by atoms with Crippen molar-refractivity contribution in [1.29, 1.82) is 0 Å². The number of nitrogens with zero attached hydrogens (tertiary/aromatic N) is 2. The van der Waals surface area contributed by atoms with E-state index in [1.54, 1.807) is 12.3 Å². The van der Waals surface area contributed by atoms with Crippen LogP contribution in [0.3, 0.4) is 0 Å². The third-order valence-electron chi connectivity index (χ3n) is 6.33. The molecule has 0 aliphatic rings. The molecule has 2 unspecified atom stereocenters. The molecule has 172 valence electrons. The van der Waals surface area contributed by atoms with Gasteiger partial charge in [-0.2, -0.15) is 0 Å². The number of halogens is 1. The molecule has 0 radical (unpaired) electrons. The lowest BCUT2D eigenvalue weighted by Gasteiger charge is -2.27. The number of rotatable bonds is 12. The van der Waals surface area contributed by atoms with Crippen LogP contribution in [-0.4, -0.2) is 23.6 Å². The van der Waals surface area contributed by atoms with Crippen molar-refractivity contribution in [3.63, 3.8) is 0 Å². The first-order chi connectivity index (χ1) is 14.6. The minimum Gasteiger partial charge on any atom is -0.334 e. The summed E-state index contributed by atoms with van der Waals surface area (Å²) in [6.07, 6.45) is 5.40. The van der Waals surface area contributed by atoms with Crippen molar-refractivity contribution in [2.24, 2.45) is 16.8 Å². The third kappa shape index (κ3) is 8.43. The predicted molar refractivity (Wildman–Crippen MR) is 131 cm³/mol. The Bertz CT molecular complexity index is 809. The normalized spacial score (nSPS) is 14.3. The molecule has 0 saturated carbocycles. The average Bonchev–Trinajstić information content (AvgIpc) is 2.76. The van der Waals surface area contributed by atoms with Crippen molar-refractivity contribution < 1.29 is 9.18 Å². The van der Waals surface area contributed by atoms with E-state index in [1.165, 1.54) is 12.1 Å². The summed E-state index contributed by atoms with van der Waals surface area (Å²) in [5.74, 6) is 0.542. The van der Waals surface area contributed by atoms with Gasteiger partial charge in [0.05, 0.1) is 5.57 Å². The van der Waals surface area contributed by atoms with Gasteiger partial charge in [-0.25, -0.2) is 4.39 Å². The molecule has 0 heterocycles. The lowest BCUT2D eigenvalue weighted by atomic mass is 9.94. The molecule has 0 aliphatic heterocycles. The Morgan fingerprint density at radius 1 is 1.23 bits per heavy atom. The number of benzene rings is 1. The van der Waals surface area contributed by atoms with Gasteiger partial charge in [-0.1, -0.05) is 59.3 Å². The molecule has 1 amide bonds. The fourth-order valence-electron chi connectivity index (χ4n) is 3.19. The minimum absolute atomic E-state index is 0.0162. The van der Waals surface area contributed by atoms with E-state index in [9.17, 15) is 9.18 Å². The molecule has 4 heteroatoms. The summed E-state index contributed by atoms with van der Waals surface area (Å²) >= 11 is 0. The molecule has 1 aromatic carbocycles. The fourth-order valence-corrected chi connectivity index (χ4v) is 3.19. The lowest BCUT2D eigenvalue weighted by Crippen LogP contribution is -2.35. The number of carbonyl (C=O) groups is 1. The first kappa shape index (κ1) is 26.8. The molecule has 0 N–H and O–H groups in total. The number of carbonyl (C=O) groups excluding carboxylic acids is 1. The summed E-state index contributed by atoms with van der Waals surface area (Å²) in [5, 5.41) is 0. The van der Waals surface area contributed by atoms with Crippen LogP contribution in [0.15, 0.2) is 46.6 Å². The van der Waals surface area contributed by atoms with Crippen LogP contribution in [0.1, 0.15) is 78.4 Å². The van der Waals surface area contributed by atoms with E-state index in [2.05, 4.69) is 39.3 Å². The summed E-state index contributed by atoms with van der Waals surface area (Å²) < 4.78 is 13.6. The van der Waals surface area contributed by atoms with Crippen molar-refractivity contribution in [1.82, 2.24) is 4.90 Å². The van der Waals surface area contributed by atoms with E-state index in [1.807, 2.05) is 25.7 Å². The summed E-state index contributed by atoms with van der Waals surface area (Å²) in [4.78, 5) is 20.1. The highest BCUT2D eigenvalue weighted by atomic mass is 19.1. The summed E-state index contributed by atoms with van der Waals surface area (Å²) in [6.45, 7) is 19.6. The van der Waals surface area contributed by atoms with Crippen LogP contribution < -0.4 is 0 Å². The van der Waals surface area contributed by atoms with Crippen molar-refractivity contribution in [2.45, 2.75) is 80.7 Å². The van der Waals surface area contributed by atoms with Crippen LogP contribution in [0.2, 0.25) is 0 Å². The lowest BCUT2D eigenvalue weighted by molar-refractivity contribution is -0.127. The minimum atomic E-state index is -0.253. The van der Waals surface area contributed by atoms with E-state index >= 15 is 0 Å². The summed E-state index contributed by atoms with van der Waals surface area (Å²) in [6, 6.07) is 4.78. The second-order valence-corrected chi connectivity index (χ2v) is 8.68. The van der Waals surface area contributed by atoms with Gasteiger partial charge in [-0.3, -0.25) is 9.79 Å². The first-order valence-corrected chi connectivity index (χ1v) is 11.6. The Hall–Kier alpha value is -2.23. The molecule has 0 aliphatic carbocycles. The third-order valence-corrected chi connectivity index (χ3v) is 6.33. The zero-order chi connectivity index (χ0) is 23.6. The smallest absolute Gasteiger partial charge is 0.255 e. The average molecular weight is 429 g/mol. The van der Waals surface area contributed by atoms with Crippen molar-refractivity contribution in [3.8, 4) is 0 Å². The largest absolute Gasteiger partial charge is 0.334 e. The Morgan fingerprint density at radius 2 is 1.90 bits per heavy atom. The van der Waals surface area contributed by atoms with E-state index in [4.69, 9.17) is 0 Å². The molecule has 0 spiro atoms. The van der Waals surface area contributed by atoms with Crippen LogP contribution in [0.4, 0.5) is 4.39 Å². The predicted octanol–water partition coefficient (Wildman–Crippen LogP) is 7.26. The molecule has 31 heavy (non-hydrogen) atoms. The van der Waals surface area contributed by atoms with Crippen molar-refractivity contribution in [2.75, 3.05) is 6.54 Å². The fraction of sp³-hybridized carbons (Fsp3) is 0.556. The topological polar surface area (TPSA) is 32.7 Å². The highest BCUT2D eigenvalue weighted by Crippen LogP contribution is 2.22. The highest BCUT2D eigenvalue weighted by molar-refractivity contribution is 6.13. The van der Waals surface area contributed by atoms with Crippen LogP contribution in [0, 0.1) is 24.6 Å². The van der Waals surface area contributed by atoms with Gasteiger partial charge in [0.2, 0.25) is 0 Å². The molecule has 3 nitrogen and oxygen atoms in total. The molecule has 1 rings (SSSR count). The van der Waals surface area contributed by atoms with Crippen LogP contribution >= 0.6 is 0 Å². The number of hydrogen-bond donors (Lipinski definition) is 0. The zero-order valence-electron chi connectivity index (χ0n) is 20.6. The summed E-state index contributed by atoms with van der Waals surface area (Å²) in [5.41, 5.74) is 4.27. The van der Waals surface area contributed by atoms with Gasteiger partial charge < -0.3 is 4.90 Å². The highest BCUT2D eigenvalue weighted by Gasteiger charge is 2.22. The van der Waals surface area contributed by atoms with E-state index in [-0.39, 0.29) is 17.6 Å². The Morgan fingerprint density at radius 3 is 2.45 bits per heavy atom. The molecule has 2 atom stereocenters. The zero-order valence-corrected chi connectivity index (χ0v) is 20.6. The van der Waals surface area contributed by atoms with Crippen LogP contribution in [0.25, 0.3) is 0 Å². The second kappa shape index (κ2) is 13.2. The van der Waals surface area contributed by atoms with E-state index in [0.29, 0.717) is 24.6 Å². The second-order valence-electron chi connectivity index (χ2n) is 8.68. The van der Waals surface area contributed by atoms with Gasteiger partial charge in [0.1, 0.15) is 5.82 Å². The molecular weight excluding hydrogens is 387 g/mol. The molecule has 0 bridgehead atoms. The van der Waals surface area contributed by atoms with E-state index in [0.717, 1.165) is 48.1 Å². The quantitative estimate of drug-likeness (QED) is 0.255. The van der Waals surface area contributed by atoms with Gasteiger partial charge >= 0.3 is 0 Å². The maximum absolute atomic E-state index is 13.8. The Kier molecular flexibility index (Phi) is 11.4. The molecular formula is C27H41FN2O. The number of hydrogen-bond acceptors (Lipinski definition) is 2. The molecule has 0 saturated heterocycles. The van der Waals surface area contributed by atoms with Gasteiger partial charge in [0.15, 0.2) is 0 Å². The Labute approximate surface area is 189 Å². The number of aliphatic imine (C=N–C) groups is 1. The van der Waals surface area contributed by atoms with Crippen LogP contribution in [-0.2, 0) is 11.3 Å². The summed E-state index contributed by atoms with van der Waals surface area (Å²) in [7, 11) is 0. The first-order valence-electron chi connectivity index (χ1n) is 11.6. The molecule has 0 fully saturated rings. The van der Waals surface area contributed by atoms with Crippen LogP contribution in [0.5, 0.6) is 0 Å². The standard InChI is InChI=1S/C27H41FN2O/c1-9-19(4)14-15-30(18-24-12-13-25(28)16-21(24)6)27(31)26(17-29-22(7)11-3)23(8)20(5)10-2/h12-13,16-17,19-20H,7,9-11,14-15,18H2,1-6,8H3/b26-23+,29-17?. The van der Waals surface area contributed by atoms with E-state index < -0.39 is 0 Å².